The minimum absolute atomic E-state index is 0.00741. The Morgan fingerprint density at radius 3 is 1.71 bits per heavy atom. The second-order valence-electron chi connectivity index (χ2n) is 27.1. The maximum atomic E-state index is 13.2. The molecule has 4 aliphatic carbocycles. The van der Waals surface area contributed by atoms with E-state index in [4.69, 9.17) is 51.6 Å². The maximum Gasteiger partial charge on any atom is 0.397 e. The average Bonchev–Trinajstić information content (AvgIpc) is 1.34. The van der Waals surface area contributed by atoms with Gasteiger partial charge in [0.05, 0.1) is 48.8 Å². The Kier molecular flexibility index (Phi) is 21.1. The van der Waals surface area contributed by atoms with Gasteiger partial charge in [-0.2, -0.15) is 8.42 Å². The number of carbonyl (C=O) groups excluding carboxylic acids is 1. The molecule has 0 radical (unpaired) electrons. The summed E-state index contributed by atoms with van der Waals surface area (Å²) in [6.45, 7) is 14.6. The molecule has 0 aromatic carbocycles. The lowest BCUT2D eigenvalue weighted by atomic mass is 9.47. The van der Waals surface area contributed by atoms with Crippen LogP contribution in [-0.2, 0) is 66.7 Å². The van der Waals surface area contributed by atoms with E-state index in [1.807, 2.05) is 13.8 Å². The molecule has 29 heteroatoms. The van der Waals surface area contributed by atoms with Crippen LogP contribution in [-0.4, -0.2) is 263 Å². The molecule has 5 heterocycles. The molecule has 0 aromatic heterocycles. The van der Waals surface area contributed by atoms with E-state index in [9.17, 15) is 84.1 Å². The molecule has 496 valence electrons. The molecule has 0 bridgehead atoms. The average molecular weight is 1260 g/mol. The van der Waals surface area contributed by atoms with E-state index in [1.165, 1.54) is 27.7 Å². The summed E-state index contributed by atoms with van der Waals surface area (Å²) in [5.74, 6) is -0.812. The minimum Gasteiger partial charge on any atom is -0.394 e. The molecule has 86 heavy (non-hydrogen) atoms. The van der Waals surface area contributed by atoms with Crippen molar-refractivity contribution in [2.45, 2.75) is 291 Å². The van der Waals surface area contributed by atoms with E-state index in [0.29, 0.717) is 32.1 Å². The molecular weight excluding hydrogens is 1160 g/mol. The highest BCUT2D eigenvalue weighted by Crippen LogP contribution is 2.67. The number of rotatable bonds is 18. The van der Waals surface area contributed by atoms with E-state index >= 15 is 0 Å². The van der Waals surface area contributed by atoms with Crippen molar-refractivity contribution in [1.29, 1.82) is 0 Å². The third-order valence-corrected chi connectivity index (χ3v) is 21.1. The number of hydrogen-bond acceptors (Lipinski definition) is 27. The van der Waals surface area contributed by atoms with Gasteiger partial charge < -0.3 is 114 Å². The van der Waals surface area contributed by atoms with Crippen LogP contribution < -0.4 is 0 Å². The Balaban J connectivity index is 0.996. The summed E-state index contributed by atoms with van der Waals surface area (Å²) in [5.41, 5.74) is -1.27. The predicted molar refractivity (Wildman–Crippen MR) is 290 cm³/mol. The minimum atomic E-state index is -4.89. The highest BCUT2D eigenvalue weighted by atomic mass is 32.3. The molecule has 28 nitrogen and oxygen atoms in total. The molecular formula is C57H94O28S. The molecule has 3 saturated carbocycles. The van der Waals surface area contributed by atoms with Gasteiger partial charge in [0.25, 0.3) is 0 Å². The van der Waals surface area contributed by atoms with Gasteiger partial charge in [-0.25, -0.2) is 4.18 Å². The number of Topliss-reactive ketones (excluding diaryl/α,β-unsaturated/α-hetero) is 1. The van der Waals surface area contributed by atoms with Crippen LogP contribution in [0.2, 0.25) is 0 Å². The van der Waals surface area contributed by atoms with Crippen molar-refractivity contribution >= 4 is 16.2 Å². The lowest BCUT2D eigenvalue weighted by Crippen LogP contribution is -2.68. The number of aliphatic hydroxyl groups is 13. The van der Waals surface area contributed by atoms with Crippen LogP contribution in [0.3, 0.4) is 0 Å². The number of carbonyl (C=O) groups is 1. The molecule has 34 atom stereocenters. The number of allylic oxidation sites excluding steroid dienone is 2. The van der Waals surface area contributed by atoms with E-state index in [1.54, 1.807) is 6.92 Å². The fraction of sp³-hybridized carbons (Fsp3) is 0.947. The molecule has 0 amide bonds. The highest BCUT2D eigenvalue weighted by Gasteiger charge is 2.64. The Morgan fingerprint density at radius 2 is 1.14 bits per heavy atom. The van der Waals surface area contributed by atoms with Gasteiger partial charge in [0.1, 0.15) is 103 Å². The second kappa shape index (κ2) is 26.4. The SMILES string of the molecule is CC(C)CC(=O)C[C@](C)(O)[C@H]1CC[C@H]2[C@@H]3C[C@H](O[C@@H]4O[C@H](C)[C@@H](O)[C@H](O[C@@H]5O[C@H](C)[C@@H](O[C@@H]6O[C@H](CO)[C@@H](O)[C@H](O)[C@H]6O[C@@H]6O[C@H](C)[C@H](O)[C@H](O)[C@H]6O)[C@H](O)[C@H]5O[C@@H]5O[C@H](C)[C@@H](O)[C@H](O)[C@H]5O)[C@H]4O)[C@H]4C[C@@H](OS(=O)(=O)O)CC[C@]4(C)C3=CC[C@@]21C. The van der Waals surface area contributed by atoms with Crippen LogP contribution in [0.1, 0.15) is 120 Å². The number of ketones is 1. The van der Waals surface area contributed by atoms with Gasteiger partial charge in [-0.15, -0.1) is 0 Å². The summed E-state index contributed by atoms with van der Waals surface area (Å²) in [6.07, 6.45) is -38.7. The summed E-state index contributed by atoms with van der Waals surface area (Å²) in [5, 5.41) is 146. The topological polar surface area (TPSA) is 436 Å². The van der Waals surface area contributed by atoms with Gasteiger partial charge in [-0.3, -0.25) is 9.35 Å². The quantitative estimate of drug-likeness (QED) is 0.0507. The number of ether oxygens (including phenoxy) is 10. The van der Waals surface area contributed by atoms with Crippen molar-refractivity contribution in [2.24, 2.45) is 40.4 Å². The van der Waals surface area contributed by atoms with Crippen molar-refractivity contribution in [3.63, 3.8) is 0 Å². The molecule has 5 saturated heterocycles. The summed E-state index contributed by atoms with van der Waals surface area (Å²) in [7, 11) is -4.89. The van der Waals surface area contributed by atoms with Crippen LogP contribution in [0.25, 0.3) is 0 Å². The first-order valence-electron chi connectivity index (χ1n) is 30.3. The second-order valence-corrected chi connectivity index (χ2v) is 28.1. The van der Waals surface area contributed by atoms with Crippen molar-refractivity contribution < 1.29 is 136 Å². The van der Waals surface area contributed by atoms with E-state index in [0.717, 1.165) is 12.0 Å². The summed E-state index contributed by atoms with van der Waals surface area (Å²) >= 11 is 0. The smallest absolute Gasteiger partial charge is 0.394 e. The van der Waals surface area contributed by atoms with Crippen LogP contribution in [0.15, 0.2) is 11.6 Å². The van der Waals surface area contributed by atoms with Gasteiger partial charge in [0.15, 0.2) is 31.5 Å². The van der Waals surface area contributed by atoms with Crippen LogP contribution >= 0.6 is 0 Å². The number of aliphatic hydroxyl groups excluding tert-OH is 12. The molecule has 5 aliphatic heterocycles. The van der Waals surface area contributed by atoms with Crippen molar-refractivity contribution in [2.75, 3.05) is 6.61 Å². The molecule has 0 unspecified atom stereocenters. The lowest BCUT2D eigenvalue weighted by Gasteiger charge is -2.60. The fourth-order valence-electron chi connectivity index (χ4n) is 16.0. The zero-order chi connectivity index (χ0) is 63.2. The van der Waals surface area contributed by atoms with Crippen molar-refractivity contribution in [1.82, 2.24) is 0 Å². The van der Waals surface area contributed by atoms with E-state index < -0.39 is 205 Å². The molecule has 9 rings (SSSR count). The van der Waals surface area contributed by atoms with Crippen molar-refractivity contribution in [3.05, 3.63) is 11.6 Å². The monoisotopic (exact) mass is 1260 g/mol. The maximum absolute atomic E-state index is 13.2. The summed E-state index contributed by atoms with van der Waals surface area (Å²) in [4.78, 5) is 13.2. The molecule has 0 spiro atoms. The molecule has 9 aliphatic rings. The van der Waals surface area contributed by atoms with Gasteiger partial charge in [0.2, 0.25) is 0 Å². The highest BCUT2D eigenvalue weighted by molar-refractivity contribution is 7.80. The Morgan fingerprint density at radius 1 is 0.616 bits per heavy atom. The first kappa shape index (κ1) is 68.7. The normalized spacial score (nSPS) is 51.7. The summed E-state index contributed by atoms with van der Waals surface area (Å²) in [6, 6.07) is 0. The van der Waals surface area contributed by atoms with Crippen LogP contribution in [0, 0.1) is 40.4 Å². The first-order chi connectivity index (χ1) is 40.1. The first-order valence-corrected chi connectivity index (χ1v) is 31.7. The molecule has 8 fully saturated rings. The predicted octanol–water partition coefficient (Wildman–Crippen LogP) is -2.29. The zero-order valence-electron chi connectivity index (χ0n) is 50.0. The van der Waals surface area contributed by atoms with Crippen LogP contribution in [0.5, 0.6) is 0 Å². The van der Waals surface area contributed by atoms with Gasteiger partial charge in [-0.1, -0.05) is 39.3 Å². The largest absolute Gasteiger partial charge is 0.397 e. The number of hydrogen-bond donors (Lipinski definition) is 14. The Hall–Kier alpha value is -1.64. The third-order valence-electron chi connectivity index (χ3n) is 20.6. The Bertz CT molecular complexity index is 2460. The lowest BCUT2D eigenvalue weighted by molar-refractivity contribution is -0.407. The van der Waals surface area contributed by atoms with Crippen molar-refractivity contribution in [3.8, 4) is 0 Å². The van der Waals surface area contributed by atoms with Gasteiger partial charge in [-0.05, 0) is 120 Å². The zero-order valence-corrected chi connectivity index (χ0v) is 50.8. The standard InChI is InChI=1S/C57H94O28S/c1-21(2)16-26(59)19-57(9,71)34-11-10-29-28-18-32(31-17-27(85-86(72,73)74)12-14-55(31,7)30(28)13-15-56(29,34)8)79-52-45(70)47(37(62)24(5)77-52)82-53-49(84-51-43(68)40(65)36(61)23(4)76-51)44(69)46(25(6)78-53)81-54-48(41(66)38(63)33(20-58)80-54)83-50-42(67)39(64)35(60)22(3)75-50/h13,21-25,27-29,31-54,58,60-71H,10-12,14-20H2,1-9H3,(H,72,73,74)/t22-,23-,24-,25-,27+,28+,29+,31-,32+,33-,34+,35+,36-,37-,38-,39+,40+,41+,42-,43-,44+,45-,46-,47+,48-,49-,50+,51+,52+,53+,54+,55-,56+,57+/m1/s1. The van der Waals surface area contributed by atoms with Gasteiger partial charge >= 0.3 is 10.4 Å². The van der Waals surface area contributed by atoms with E-state index in [-0.39, 0.29) is 48.7 Å². The van der Waals surface area contributed by atoms with E-state index in [2.05, 4.69) is 19.9 Å². The number of fused-ring (bicyclic) bond motifs is 5. The third kappa shape index (κ3) is 13.4. The summed E-state index contributed by atoms with van der Waals surface area (Å²) < 4.78 is 101. The fourth-order valence-corrected chi connectivity index (χ4v) is 16.6. The molecule has 0 aromatic rings. The Labute approximate surface area is 500 Å². The molecule has 14 N–H and O–H groups in total. The van der Waals surface area contributed by atoms with Crippen LogP contribution in [0.4, 0.5) is 0 Å². The van der Waals surface area contributed by atoms with Gasteiger partial charge in [0, 0.05) is 12.8 Å².